The molecule has 10 atom stereocenters. The van der Waals surface area contributed by atoms with E-state index in [9.17, 15) is 14.7 Å². The highest BCUT2D eigenvalue weighted by Crippen LogP contribution is 2.70. The zero-order valence-electron chi connectivity index (χ0n) is 26.3. The van der Waals surface area contributed by atoms with E-state index in [1.807, 2.05) is 42.3 Å². The molecule has 0 radical (unpaired) electrons. The van der Waals surface area contributed by atoms with Crippen LogP contribution in [0.15, 0.2) is 42.0 Å². The molecule has 4 aliphatic rings. The number of aliphatic hydroxyl groups excluding tert-OH is 1. The number of nitrogens with zero attached hydrogens (tertiary/aromatic N) is 2. The first-order valence-corrected chi connectivity index (χ1v) is 15.9. The molecule has 6 heteroatoms. The lowest BCUT2D eigenvalue weighted by Crippen LogP contribution is -2.53. The smallest absolute Gasteiger partial charge is 0.302 e. The highest BCUT2D eigenvalue weighted by molar-refractivity contribution is 5.94. The van der Waals surface area contributed by atoms with Gasteiger partial charge < -0.3 is 19.6 Å². The highest BCUT2D eigenvalue weighted by atomic mass is 16.5. The highest BCUT2D eigenvalue weighted by Gasteiger charge is 2.66. The van der Waals surface area contributed by atoms with Crippen LogP contribution in [0, 0.1) is 40.4 Å². The van der Waals surface area contributed by atoms with Crippen LogP contribution in [-0.2, 0) is 9.53 Å². The van der Waals surface area contributed by atoms with Crippen LogP contribution in [0.4, 0.5) is 0 Å². The minimum atomic E-state index is -0.170. The second-order valence-electron chi connectivity index (χ2n) is 14.4. The van der Waals surface area contributed by atoms with Crippen molar-refractivity contribution in [2.45, 2.75) is 90.8 Å². The van der Waals surface area contributed by atoms with Gasteiger partial charge in [0.15, 0.2) is 0 Å². The normalized spacial score (nSPS) is 39.0. The minimum Gasteiger partial charge on any atom is -0.462 e. The molecule has 0 aromatic heterocycles. The lowest BCUT2D eigenvalue weighted by Gasteiger charge is -2.56. The van der Waals surface area contributed by atoms with Gasteiger partial charge >= 0.3 is 5.97 Å². The number of aliphatic hydroxyl groups is 1. The molecule has 226 valence electrons. The van der Waals surface area contributed by atoms with Gasteiger partial charge in [-0.25, -0.2) is 0 Å². The van der Waals surface area contributed by atoms with Gasteiger partial charge in [0, 0.05) is 50.1 Å². The molecule has 1 N–H and O–H groups in total. The molecule has 6 nitrogen and oxygen atoms in total. The fourth-order valence-corrected chi connectivity index (χ4v) is 10.2. The molecule has 4 aliphatic carbocycles. The zero-order chi connectivity index (χ0) is 29.7. The van der Waals surface area contributed by atoms with Crippen molar-refractivity contribution < 1.29 is 19.4 Å². The van der Waals surface area contributed by atoms with Crippen LogP contribution >= 0.6 is 0 Å². The number of rotatable bonds is 6. The van der Waals surface area contributed by atoms with E-state index in [4.69, 9.17) is 4.74 Å². The van der Waals surface area contributed by atoms with Crippen LogP contribution in [0.5, 0.6) is 0 Å². The molecule has 0 heterocycles. The Bertz CT molecular complexity index is 1150. The number of benzene rings is 1. The fraction of sp³-hybridized carbons (Fsp3) is 0.714. The van der Waals surface area contributed by atoms with E-state index in [-0.39, 0.29) is 47.4 Å². The number of fused-ring (bicyclic) bond motifs is 4. The van der Waals surface area contributed by atoms with Gasteiger partial charge in [0.1, 0.15) is 6.10 Å². The Morgan fingerprint density at radius 1 is 1.07 bits per heavy atom. The summed E-state index contributed by atoms with van der Waals surface area (Å²) in [7, 11) is 6.20. The Kier molecular flexibility index (Phi) is 8.48. The first-order chi connectivity index (χ1) is 19.4. The molecule has 0 bridgehead atoms. The molecular weight excluding hydrogens is 512 g/mol. The molecule has 0 saturated heterocycles. The number of ether oxygens (including phenoxy) is 1. The number of allylic oxidation sites excluding steroid dienone is 1. The molecule has 1 aromatic rings. The summed E-state index contributed by atoms with van der Waals surface area (Å²) in [6, 6.07) is 9.80. The van der Waals surface area contributed by atoms with Crippen molar-refractivity contribution >= 4 is 11.9 Å². The van der Waals surface area contributed by atoms with Crippen molar-refractivity contribution in [1.29, 1.82) is 0 Å². The van der Waals surface area contributed by atoms with Crippen LogP contribution in [0.3, 0.4) is 0 Å². The van der Waals surface area contributed by atoms with Crippen molar-refractivity contribution in [2.24, 2.45) is 40.4 Å². The number of esters is 1. The van der Waals surface area contributed by atoms with E-state index < -0.39 is 0 Å². The van der Waals surface area contributed by atoms with Gasteiger partial charge in [-0.2, -0.15) is 0 Å². The minimum absolute atomic E-state index is 0.00687. The molecule has 0 unspecified atom stereocenters. The summed E-state index contributed by atoms with van der Waals surface area (Å²) in [5, 5.41) is 10.7. The number of hydrogen-bond acceptors (Lipinski definition) is 5. The Hall–Kier alpha value is -2.18. The van der Waals surface area contributed by atoms with Crippen molar-refractivity contribution in [3.63, 3.8) is 0 Å². The van der Waals surface area contributed by atoms with Gasteiger partial charge in [-0.05, 0) is 107 Å². The van der Waals surface area contributed by atoms with E-state index in [1.165, 1.54) is 12.0 Å². The maximum Gasteiger partial charge on any atom is 0.302 e. The number of carbonyl (C=O) groups excluding carboxylic acids is 2. The summed E-state index contributed by atoms with van der Waals surface area (Å²) >= 11 is 0. The quantitative estimate of drug-likeness (QED) is 0.349. The summed E-state index contributed by atoms with van der Waals surface area (Å²) in [6.07, 6.45) is 9.69. The van der Waals surface area contributed by atoms with E-state index in [1.54, 1.807) is 6.92 Å². The van der Waals surface area contributed by atoms with E-state index in [2.05, 4.69) is 45.8 Å². The average Bonchev–Trinajstić information content (AvgIpc) is 3.05. The third-order valence-corrected chi connectivity index (χ3v) is 12.6. The molecule has 0 spiro atoms. The molecule has 5 rings (SSSR count). The second-order valence-corrected chi connectivity index (χ2v) is 14.4. The molecule has 1 aromatic carbocycles. The maximum absolute atomic E-state index is 13.4. The summed E-state index contributed by atoms with van der Waals surface area (Å²) in [5.74, 6) is 1.65. The first kappa shape index (κ1) is 30.3. The van der Waals surface area contributed by atoms with E-state index in [0.29, 0.717) is 35.3 Å². The predicted octanol–water partition coefficient (Wildman–Crippen LogP) is 5.81. The van der Waals surface area contributed by atoms with Gasteiger partial charge in [-0.1, -0.05) is 43.7 Å². The summed E-state index contributed by atoms with van der Waals surface area (Å²) < 4.78 is 6.11. The van der Waals surface area contributed by atoms with Crippen molar-refractivity contribution in [3.8, 4) is 0 Å². The van der Waals surface area contributed by atoms with Gasteiger partial charge in [-0.3, -0.25) is 9.59 Å². The molecule has 1 amide bonds. The fourth-order valence-electron chi connectivity index (χ4n) is 10.2. The number of carbonyl (C=O) groups is 2. The second kappa shape index (κ2) is 11.5. The molecular formula is C35H52N2O4. The van der Waals surface area contributed by atoms with Crippen LogP contribution in [0.2, 0.25) is 0 Å². The van der Waals surface area contributed by atoms with Gasteiger partial charge in [0.05, 0.1) is 0 Å². The van der Waals surface area contributed by atoms with Crippen LogP contribution < -0.4 is 0 Å². The standard InChI is InChI=1S/C35H52N2O4/c1-22(36(5)6)32-31(41-23(2)39)20-35(4)29-15-14-27-25(19-26(29)17-18-34(32,35)3)13-16-30(28(27)21-38)37(7)33(40)24-11-9-8-10-12-24/h8-13,22,26-32,38H,14-21H2,1-7H3/t22-,26+,27+,28-,29+,30-,31+,32-,34+,35-/m0/s1. The van der Waals surface area contributed by atoms with Crippen LogP contribution in [0.25, 0.3) is 0 Å². The van der Waals surface area contributed by atoms with Crippen LogP contribution in [-0.4, -0.2) is 72.7 Å². The molecule has 41 heavy (non-hydrogen) atoms. The van der Waals surface area contributed by atoms with E-state index >= 15 is 0 Å². The lowest BCUT2D eigenvalue weighted by atomic mass is 9.48. The predicted molar refractivity (Wildman–Crippen MR) is 162 cm³/mol. The largest absolute Gasteiger partial charge is 0.462 e. The summed E-state index contributed by atoms with van der Waals surface area (Å²) in [5.41, 5.74) is 2.37. The average molecular weight is 565 g/mol. The van der Waals surface area contributed by atoms with E-state index in [0.717, 1.165) is 38.5 Å². The topological polar surface area (TPSA) is 70.1 Å². The monoisotopic (exact) mass is 564 g/mol. The molecule has 0 aliphatic heterocycles. The summed E-state index contributed by atoms with van der Waals surface area (Å²) in [6.45, 7) is 8.95. The first-order valence-electron chi connectivity index (χ1n) is 15.9. The number of hydrogen-bond donors (Lipinski definition) is 1. The third kappa shape index (κ3) is 5.07. The Balaban J connectivity index is 1.41. The van der Waals surface area contributed by atoms with Gasteiger partial charge in [-0.15, -0.1) is 0 Å². The maximum atomic E-state index is 13.4. The summed E-state index contributed by atoms with van der Waals surface area (Å²) in [4.78, 5) is 29.8. The Morgan fingerprint density at radius 3 is 2.41 bits per heavy atom. The van der Waals surface area contributed by atoms with Gasteiger partial charge in [0.2, 0.25) is 0 Å². The van der Waals surface area contributed by atoms with Crippen molar-refractivity contribution in [2.75, 3.05) is 27.7 Å². The molecule has 3 saturated carbocycles. The third-order valence-electron chi connectivity index (χ3n) is 12.6. The number of amides is 1. The zero-order valence-corrected chi connectivity index (χ0v) is 26.3. The lowest BCUT2D eigenvalue weighted by molar-refractivity contribution is -0.150. The molecule has 3 fully saturated rings. The Morgan fingerprint density at radius 2 is 1.78 bits per heavy atom. The SMILES string of the molecule is CC(=O)O[C@@H]1C[C@@]2(C)[C@@H]3CC[C@@H]4C(=CC[C@H](N(C)C(=O)c5ccccc5)[C@H]4CO)C[C@H]3CC[C@]2(C)[C@H]1[C@H](C)N(C)C. The Labute approximate surface area is 247 Å². The van der Waals surface area contributed by atoms with Crippen molar-refractivity contribution in [1.82, 2.24) is 9.80 Å². The van der Waals surface area contributed by atoms with Gasteiger partial charge in [0.25, 0.3) is 5.91 Å². The van der Waals surface area contributed by atoms with Crippen LogP contribution in [0.1, 0.15) is 83.0 Å². The van der Waals surface area contributed by atoms with Crippen molar-refractivity contribution in [3.05, 3.63) is 47.5 Å².